The molecule has 2 N–H and O–H groups in total. The van der Waals surface area contributed by atoms with Gasteiger partial charge in [0.25, 0.3) is 0 Å². The van der Waals surface area contributed by atoms with Gasteiger partial charge in [-0.2, -0.15) is 0 Å². The number of alkyl halides is 1. The maximum Gasteiger partial charge on any atom is 0.414 e. The Bertz CT molecular complexity index is 892. The van der Waals surface area contributed by atoms with E-state index < -0.39 is 18.0 Å². The van der Waals surface area contributed by atoms with Crippen LogP contribution in [0.25, 0.3) is 11.1 Å². The maximum absolute atomic E-state index is 14.8. The van der Waals surface area contributed by atoms with Gasteiger partial charge in [0, 0.05) is 24.9 Å². The Labute approximate surface area is 180 Å². The van der Waals surface area contributed by atoms with Crippen LogP contribution in [0.5, 0.6) is 0 Å². The molecule has 0 aliphatic carbocycles. The number of anilines is 1. The van der Waals surface area contributed by atoms with Crippen molar-refractivity contribution in [3.8, 4) is 11.1 Å². The van der Waals surface area contributed by atoms with Crippen LogP contribution in [0.15, 0.2) is 42.5 Å². The first-order valence-electron chi connectivity index (χ1n) is 9.86. The number of carbonyl (C=O) groups is 2. The summed E-state index contributed by atoms with van der Waals surface area (Å²) in [5.74, 6) is 0.0160. The molecule has 6 nitrogen and oxygen atoms in total. The third-order valence-corrected chi connectivity index (χ3v) is 5.07. The predicted molar refractivity (Wildman–Crippen MR) is 115 cm³/mol. The topological polar surface area (TPSA) is 70.7 Å². The fourth-order valence-electron chi connectivity index (χ4n) is 3.23. The molecular weight excluding hydrogens is 409 g/mol. The fourth-order valence-corrected chi connectivity index (χ4v) is 3.36. The molecule has 8 heteroatoms. The lowest BCUT2D eigenvalue weighted by Crippen LogP contribution is -2.33. The van der Waals surface area contributed by atoms with E-state index in [4.69, 9.17) is 16.3 Å². The number of carbonyl (C=O) groups excluding carboxylic acids is 2. The van der Waals surface area contributed by atoms with E-state index in [2.05, 4.69) is 10.6 Å². The summed E-state index contributed by atoms with van der Waals surface area (Å²) < 4.78 is 20.0. The zero-order chi connectivity index (χ0) is 21.5. The van der Waals surface area contributed by atoms with Crippen LogP contribution in [-0.4, -0.2) is 43.6 Å². The van der Waals surface area contributed by atoms with E-state index in [1.165, 1.54) is 17.9 Å². The minimum atomic E-state index is -0.552. The number of cyclic esters (lactones) is 1. The molecule has 2 aromatic carbocycles. The third kappa shape index (κ3) is 5.70. The Morgan fingerprint density at radius 3 is 2.70 bits per heavy atom. The molecule has 160 valence electrons. The predicted octanol–water partition coefficient (Wildman–Crippen LogP) is 3.67. The number of benzene rings is 2. The summed E-state index contributed by atoms with van der Waals surface area (Å²) in [6, 6.07) is 12.4. The lowest BCUT2D eigenvalue weighted by molar-refractivity contribution is -0.119. The van der Waals surface area contributed by atoms with Crippen LogP contribution in [0.3, 0.4) is 0 Å². The van der Waals surface area contributed by atoms with Gasteiger partial charge in [0.05, 0.1) is 18.8 Å². The normalized spacial score (nSPS) is 15.9. The average Bonchev–Trinajstić information content (AvgIpc) is 3.11. The van der Waals surface area contributed by atoms with Crippen LogP contribution in [0.4, 0.5) is 14.9 Å². The summed E-state index contributed by atoms with van der Waals surface area (Å²) in [4.78, 5) is 24.5. The fraction of sp³-hybridized carbons (Fsp3) is 0.364. The van der Waals surface area contributed by atoms with Crippen molar-refractivity contribution in [2.45, 2.75) is 26.0 Å². The van der Waals surface area contributed by atoms with E-state index in [0.717, 1.165) is 30.6 Å². The van der Waals surface area contributed by atoms with Gasteiger partial charge >= 0.3 is 6.09 Å². The van der Waals surface area contributed by atoms with Gasteiger partial charge in [-0.25, -0.2) is 9.18 Å². The molecule has 1 aliphatic heterocycles. The summed E-state index contributed by atoms with van der Waals surface area (Å²) in [6.07, 6.45) is -0.103. The van der Waals surface area contributed by atoms with Crippen molar-refractivity contribution < 1.29 is 18.7 Å². The quantitative estimate of drug-likeness (QED) is 0.467. The first-order valence-corrected chi connectivity index (χ1v) is 10.4. The molecule has 0 aromatic heterocycles. The summed E-state index contributed by atoms with van der Waals surface area (Å²) in [7, 11) is 0. The second-order valence-electron chi connectivity index (χ2n) is 7.13. The molecule has 2 aromatic rings. The maximum atomic E-state index is 14.8. The van der Waals surface area contributed by atoms with Crippen LogP contribution in [0, 0.1) is 5.82 Å². The van der Waals surface area contributed by atoms with Crippen LogP contribution in [0.2, 0.25) is 0 Å². The summed E-state index contributed by atoms with van der Waals surface area (Å²) >= 11 is 5.66. The van der Waals surface area contributed by atoms with Gasteiger partial charge in [0.15, 0.2) is 0 Å². The molecule has 1 heterocycles. The van der Waals surface area contributed by atoms with Crippen LogP contribution >= 0.6 is 11.6 Å². The van der Waals surface area contributed by atoms with E-state index in [1.807, 2.05) is 24.3 Å². The number of nitrogens with zero attached hydrogens (tertiary/aromatic N) is 1. The molecule has 1 fully saturated rings. The van der Waals surface area contributed by atoms with Crippen LogP contribution < -0.4 is 15.5 Å². The average molecular weight is 434 g/mol. The Kier molecular flexibility index (Phi) is 7.65. The van der Waals surface area contributed by atoms with Gasteiger partial charge in [-0.1, -0.05) is 24.3 Å². The molecule has 1 saturated heterocycles. The summed E-state index contributed by atoms with van der Waals surface area (Å²) in [5, 5.41) is 5.92. The van der Waals surface area contributed by atoms with Gasteiger partial charge < -0.3 is 15.4 Å². The van der Waals surface area contributed by atoms with Crippen molar-refractivity contribution in [2.75, 3.05) is 30.4 Å². The van der Waals surface area contributed by atoms with Gasteiger partial charge in [-0.15, -0.1) is 11.6 Å². The van der Waals surface area contributed by atoms with Crippen molar-refractivity contribution in [2.24, 2.45) is 0 Å². The molecule has 0 radical (unpaired) electrons. The zero-order valence-corrected chi connectivity index (χ0v) is 17.5. The molecule has 1 atom stereocenters. The molecule has 3 rings (SSSR count). The van der Waals surface area contributed by atoms with E-state index >= 15 is 0 Å². The molecule has 30 heavy (non-hydrogen) atoms. The minimum Gasteiger partial charge on any atom is -0.442 e. The standard InChI is InChI=1S/C22H25ClFN3O3/c1-15(28)26-13-19-14-27(22(29)30-19)18-7-8-20(21(24)11-18)17-5-3-16(4-6-17)12-25-10-2-9-23/h3-8,11,19,25H,2,9-10,12-14H2,1H3,(H,26,28)/t19-/m0/s1. The molecule has 2 amide bonds. The van der Waals surface area contributed by atoms with Crippen molar-refractivity contribution in [1.29, 1.82) is 0 Å². The van der Waals surface area contributed by atoms with Gasteiger partial charge in [0.1, 0.15) is 11.9 Å². The van der Waals surface area contributed by atoms with Gasteiger partial charge in [0.2, 0.25) is 5.91 Å². The highest BCUT2D eigenvalue weighted by atomic mass is 35.5. The molecule has 1 aliphatic rings. The Balaban J connectivity index is 1.65. The molecular formula is C22H25ClFN3O3. The van der Waals surface area contributed by atoms with Crippen LogP contribution in [-0.2, 0) is 16.1 Å². The second kappa shape index (κ2) is 10.4. The Morgan fingerprint density at radius 1 is 1.27 bits per heavy atom. The number of halogens is 2. The van der Waals surface area contributed by atoms with Crippen molar-refractivity contribution >= 4 is 29.3 Å². The summed E-state index contributed by atoms with van der Waals surface area (Å²) in [5.41, 5.74) is 2.75. The molecule has 0 saturated carbocycles. The van der Waals surface area contributed by atoms with Crippen molar-refractivity contribution in [3.05, 3.63) is 53.8 Å². The number of nitrogens with one attached hydrogen (secondary N) is 2. The Hall–Kier alpha value is -2.64. The number of hydrogen-bond donors (Lipinski definition) is 2. The summed E-state index contributed by atoms with van der Waals surface area (Å²) in [6.45, 7) is 3.46. The van der Waals surface area contributed by atoms with E-state index in [1.54, 1.807) is 12.1 Å². The SMILES string of the molecule is CC(=O)NC[C@H]1CN(c2ccc(-c3ccc(CNCCCCl)cc3)c(F)c2)C(=O)O1. The molecule has 0 bridgehead atoms. The zero-order valence-electron chi connectivity index (χ0n) is 16.8. The highest BCUT2D eigenvalue weighted by Gasteiger charge is 2.32. The number of amides is 2. The third-order valence-electron chi connectivity index (χ3n) is 4.80. The Morgan fingerprint density at radius 2 is 2.03 bits per heavy atom. The first-order chi connectivity index (χ1) is 14.5. The first kappa shape index (κ1) is 22.1. The number of hydrogen-bond acceptors (Lipinski definition) is 4. The number of ether oxygens (including phenoxy) is 1. The van der Waals surface area contributed by atoms with E-state index in [9.17, 15) is 14.0 Å². The number of rotatable bonds is 9. The van der Waals surface area contributed by atoms with E-state index in [0.29, 0.717) is 17.1 Å². The molecule has 0 unspecified atom stereocenters. The monoisotopic (exact) mass is 433 g/mol. The van der Waals surface area contributed by atoms with Crippen molar-refractivity contribution in [1.82, 2.24) is 10.6 Å². The van der Waals surface area contributed by atoms with Crippen molar-refractivity contribution in [3.63, 3.8) is 0 Å². The van der Waals surface area contributed by atoms with Crippen LogP contribution in [0.1, 0.15) is 18.9 Å². The highest BCUT2D eigenvalue weighted by Crippen LogP contribution is 2.29. The second-order valence-corrected chi connectivity index (χ2v) is 7.51. The smallest absolute Gasteiger partial charge is 0.414 e. The lowest BCUT2D eigenvalue weighted by atomic mass is 10.0. The lowest BCUT2D eigenvalue weighted by Gasteiger charge is -2.15. The van der Waals surface area contributed by atoms with E-state index in [-0.39, 0.29) is 19.0 Å². The largest absolute Gasteiger partial charge is 0.442 e. The van der Waals surface area contributed by atoms with Gasteiger partial charge in [-0.05, 0) is 42.3 Å². The molecule has 0 spiro atoms. The van der Waals surface area contributed by atoms with Gasteiger partial charge in [-0.3, -0.25) is 9.69 Å². The minimum absolute atomic E-state index is 0.197. The highest BCUT2D eigenvalue weighted by molar-refractivity contribution is 6.17.